The molecule has 0 spiro atoms. The Bertz CT molecular complexity index is 715. The molecule has 20 heavy (non-hydrogen) atoms. The van der Waals surface area contributed by atoms with E-state index in [1.54, 1.807) is 6.20 Å². The van der Waals surface area contributed by atoms with E-state index in [0.29, 0.717) is 0 Å². The predicted molar refractivity (Wildman–Crippen MR) is 78.2 cm³/mol. The van der Waals surface area contributed by atoms with Crippen molar-refractivity contribution in [3.63, 3.8) is 0 Å². The molecule has 2 heterocycles. The smallest absolute Gasteiger partial charge is 0.211 e. The Morgan fingerprint density at radius 1 is 1.25 bits per heavy atom. The van der Waals surface area contributed by atoms with Crippen molar-refractivity contribution in [1.82, 2.24) is 15.3 Å². The number of hydrogen-bond acceptors (Lipinski definition) is 4. The zero-order valence-corrected chi connectivity index (χ0v) is 11.6. The topological polar surface area (TPSA) is 51.0 Å². The first-order valence-electron chi connectivity index (χ1n) is 6.71. The number of nitrogens with zero attached hydrogens (tertiary/aromatic N) is 2. The Balaban J connectivity index is 1.77. The molecule has 4 nitrogen and oxygen atoms in total. The first kappa shape index (κ1) is 12.8. The molecular formula is C16H17N3O. The summed E-state index contributed by atoms with van der Waals surface area (Å²) in [5.41, 5.74) is 1.25. The summed E-state index contributed by atoms with van der Waals surface area (Å²) in [4.78, 5) is 8.41. The van der Waals surface area contributed by atoms with Crippen LogP contribution in [-0.4, -0.2) is 9.97 Å². The summed E-state index contributed by atoms with van der Waals surface area (Å²) in [5, 5.41) is 5.83. The second kappa shape index (κ2) is 5.43. The van der Waals surface area contributed by atoms with Crippen molar-refractivity contribution in [2.75, 3.05) is 0 Å². The van der Waals surface area contributed by atoms with Crippen LogP contribution in [-0.2, 0) is 6.54 Å². The van der Waals surface area contributed by atoms with E-state index >= 15 is 0 Å². The fraction of sp³-hybridized carbons (Fsp3) is 0.250. The van der Waals surface area contributed by atoms with Crippen LogP contribution in [0.4, 0.5) is 0 Å². The first-order valence-corrected chi connectivity index (χ1v) is 6.71. The van der Waals surface area contributed by atoms with E-state index in [0.717, 1.165) is 23.6 Å². The highest BCUT2D eigenvalue weighted by molar-refractivity contribution is 5.84. The van der Waals surface area contributed by atoms with E-state index in [2.05, 4.69) is 40.4 Å². The number of rotatable bonds is 4. The highest BCUT2D eigenvalue weighted by atomic mass is 16.4. The van der Waals surface area contributed by atoms with Crippen molar-refractivity contribution in [1.29, 1.82) is 0 Å². The molecule has 1 N–H and O–H groups in total. The molecule has 0 aliphatic rings. The summed E-state index contributed by atoms with van der Waals surface area (Å²) in [7, 11) is 0. The van der Waals surface area contributed by atoms with Gasteiger partial charge in [-0.3, -0.25) is 4.98 Å². The van der Waals surface area contributed by atoms with Gasteiger partial charge in [-0.1, -0.05) is 18.2 Å². The summed E-state index contributed by atoms with van der Waals surface area (Å²) < 4.78 is 5.54. The summed E-state index contributed by atoms with van der Waals surface area (Å²) in [5.74, 6) is 1.56. The summed E-state index contributed by atoms with van der Waals surface area (Å²) in [6.07, 6.45) is 5.46. The van der Waals surface area contributed by atoms with Gasteiger partial charge in [-0.25, -0.2) is 4.98 Å². The predicted octanol–water partition coefficient (Wildman–Crippen LogP) is 3.38. The molecule has 0 bridgehead atoms. The quantitative estimate of drug-likeness (QED) is 0.787. The number of pyridine rings is 1. The van der Waals surface area contributed by atoms with Crippen LogP contribution in [0, 0.1) is 6.92 Å². The Hall–Kier alpha value is -2.20. The molecule has 2 aromatic heterocycles. The molecule has 102 valence electrons. The zero-order chi connectivity index (χ0) is 13.9. The number of aryl methyl sites for hydroxylation is 1. The Kier molecular flexibility index (Phi) is 3.48. The number of aromatic nitrogens is 2. The van der Waals surface area contributed by atoms with Crippen molar-refractivity contribution in [3.05, 3.63) is 60.1 Å². The maximum absolute atomic E-state index is 5.54. The molecule has 0 aliphatic heterocycles. The Labute approximate surface area is 117 Å². The van der Waals surface area contributed by atoms with Gasteiger partial charge in [0.25, 0.3) is 0 Å². The number of oxazole rings is 1. The second-order valence-electron chi connectivity index (χ2n) is 4.93. The van der Waals surface area contributed by atoms with Crippen molar-refractivity contribution in [2.45, 2.75) is 26.4 Å². The van der Waals surface area contributed by atoms with Crippen LogP contribution in [0.1, 0.15) is 30.2 Å². The minimum atomic E-state index is 0.0841. The van der Waals surface area contributed by atoms with E-state index in [1.165, 1.54) is 10.9 Å². The van der Waals surface area contributed by atoms with Crippen LogP contribution in [0.25, 0.3) is 10.8 Å². The van der Waals surface area contributed by atoms with Gasteiger partial charge in [0.2, 0.25) is 5.89 Å². The number of fused-ring (bicyclic) bond motifs is 1. The van der Waals surface area contributed by atoms with Gasteiger partial charge < -0.3 is 9.73 Å². The lowest BCUT2D eigenvalue weighted by Gasteiger charge is -2.12. The van der Waals surface area contributed by atoms with Gasteiger partial charge in [0, 0.05) is 24.3 Å². The van der Waals surface area contributed by atoms with Gasteiger partial charge in [-0.15, -0.1) is 0 Å². The van der Waals surface area contributed by atoms with Gasteiger partial charge in [-0.2, -0.15) is 0 Å². The van der Waals surface area contributed by atoms with Crippen LogP contribution >= 0.6 is 0 Å². The van der Waals surface area contributed by atoms with Crippen LogP contribution < -0.4 is 5.32 Å². The molecule has 0 amide bonds. The third-order valence-electron chi connectivity index (χ3n) is 3.38. The molecule has 4 heteroatoms. The average Bonchev–Trinajstić information content (AvgIpc) is 2.91. The fourth-order valence-electron chi connectivity index (χ4n) is 2.27. The SMILES string of the molecule is Cc1cnc(C(C)NCc2cccc3cnccc23)o1. The van der Waals surface area contributed by atoms with E-state index in [-0.39, 0.29) is 6.04 Å². The minimum absolute atomic E-state index is 0.0841. The maximum atomic E-state index is 5.54. The molecule has 1 unspecified atom stereocenters. The first-order chi connectivity index (χ1) is 9.74. The van der Waals surface area contributed by atoms with Crippen molar-refractivity contribution >= 4 is 10.8 Å². The van der Waals surface area contributed by atoms with Crippen LogP contribution in [0.5, 0.6) is 0 Å². The number of benzene rings is 1. The highest BCUT2D eigenvalue weighted by Gasteiger charge is 2.11. The fourth-order valence-corrected chi connectivity index (χ4v) is 2.27. The number of hydrogen-bond donors (Lipinski definition) is 1. The Morgan fingerprint density at radius 3 is 2.95 bits per heavy atom. The monoisotopic (exact) mass is 267 g/mol. The van der Waals surface area contributed by atoms with Crippen molar-refractivity contribution in [2.24, 2.45) is 0 Å². The second-order valence-corrected chi connectivity index (χ2v) is 4.93. The molecular weight excluding hydrogens is 250 g/mol. The highest BCUT2D eigenvalue weighted by Crippen LogP contribution is 2.19. The number of nitrogens with one attached hydrogen (secondary N) is 1. The molecule has 3 rings (SSSR count). The van der Waals surface area contributed by atoms with E-state index in [1.807, 2.05) is 25.4 Å². The van der Waals surface area contributed by atoms with Gasteiger partial charge >= 0.3 is 0 Å². The van der Waals surface area contributed by atoms with Gasteiger partial charge in [-0.05, 0) is 30.9 Å². The lowest BCUT2D eigenvalue weighted by atomic mass is 10.1. The molecule has 0 saturated carbocycles. The van der Waals surface area contributed by atoms with Gasteiger partial charge in [0.05, 0.1) is 12.2 Å². The third-order valence-corrected chi connectivity index (χ3v) is 3.38. The zero-order valence-electron chi connectivity index (χ0n) is 11.6. The molecule has 0 radical (unpaired) electrons. The van der Waals surface area contributed by atoms with Gasteiger partial charge in [0.15, 0.2) is 0 Å². The lowest BCUT2D eigenvalue weighted by molar-refractivity contribution is 0.402. The lowest BCUT2D eigenvalue weighted by Crippen LogP contribution is -2.18. The van der Waals surface area contributed by atoms with Crippen LogP contribution in [0.15, 0.2) is 47.3 Å². The minimum Gasteiger partial charge on any atom is -0.444 e. The van der Waals surface area contributed by atoms with Crippen LogP contribution in [0.3, 0.4) is 0 Å². The normalized spacial score (nSPS) is 12.7. The average molecular weight is 267 g/mol. The summed E-state index contributed by atoms with van der Waals surface area (Å²) in [6, 6.07) is 8.39. The van der Waals surface area contributed by atoms with Crippen LogP contribution in [0.2, 0.25) is 0 Å². The van der Waals surface area contributed by atoms with E-state index in [9.17, 15) is 0 Å². The summed E-state index contributed by atoms with van der Waals surface area (Å²) >= 11 is 0. The molecule has 1 atom stereocenters. The van der Waals surface area contributed by atoms with Crippen molar-refractivity contribution < 1.29 is 4.42 Å². The largest absolute Gasteiger partial charge is 0.444 e. The Morgan fingerprint density at radius 2 is 2.15 bits per heavy atom. The molecule has 3 aromatic rings. The van der Waals surface area contributed by atoms with Gasteiger partial charge in [0.1, 0.15) is 5.76 Å². The van der Waals surface area contributed by atoms with E-state index in [4.69, 9.17) is 4.42 Å². The molecule has 0 saturated heterocycles. The standard InChI is InChI=1S/C16H17N3O/c1-11-8-19-16(20-11)12(2)18-10-14-5-3-4-13-9-17-7-6-15(13)14/h3-9,12,18H,10H2,1-2H3. The third kappa shape index (κ3) is 2.56. The maximum Gasteiger partial charge on any atom is 0.211 e. The van der Waals surface area contributed by atoms with E-state index < -0.39 is 0 Å². The summed E-state index contributed by atoms with van der Waals surface area (Å²) in [6.45, 7) is 4.73. The molecule has 0 fully saturated rings. The molecule has 1 aromatic carbocycles. The molecule has 0 aliphatic carbocycles. The van der Waals surface area contributed by atoms with Crippen molar-refractivity contribution in [3.8, 4) is 0 Å².